The van der Waals surface area contributed by atoms with E-state index >= 15 is 0 Å². The van der Waals surface area contributed by atoms with Crippen LogP contribution >= 0.6 is 0 Å². The lowest BCUT2D eigenvalue weighted by Gasteiger charge is -2.34. The molecule has 0 spiro atoms. The maximum absolute atomic E-state index is 13.8. The molecule has 4 amide bonds. The maximum Gasteiger partial charge on any atom is 0.262 e. The number of carbonyl (C=O) groups is 4. The molecule has 0 unspecified atom stereocenters. The largest absolute Gasteiger partial charge is 0.325 e. The topological polar surface area (TPSA) is 86.8 Å². The number of benzene rings is 3. The number of nitrogens with one attached hydrogen (secondary N) is 1. The average molecular weight is 484 g/mol. The number of para-hydroxylation sites is 1. The van der Waals surface area contributed by atoms with E-state index in [1.807, 2.05) is 38.1 Å². The van der Waals surface area contributed by atoms with Gasteiger partial charge < -0.3 is 10.2 Å². The van der Waals surface area contributed by atoms with E-state index in [9.17, 15) is 19.2 Å². The lowest BCUT2D eigenvalue weighted by Crippen LogP contribution is -2.52. The number of likely N-dealkylation sites (N-methyl/N-ethyl adjacent to an activating group) is 1. The average Bonchev–Trinajstić information content (AvgIpc) is 3.14. The Morgan fingerprint density at radius 2 is 1.36 bits per heavy atom. The van der Waals surface area contributed by atoms with E-state index in [2.05, 4.69) is 5.32 Å². The SMILES string of the molecule is CCN(C(=O)[C@@H](C)N1C(=O)c2ccccc2C1=O)[C@H](C(=O)Nc1c(C)cccc1C)c1ccccc1. The fourth-order valence-electron chi connectivity index (χ4n) is 4.69. The molecule has 7 heteroatoms. The van der Waals surface area contributed by atoms with Gasteiger partial charge in [-0.15, -0.1) is 0 Å². The van der Waals surface area contributed by atoms with E-state index in [-0.39, 0.29) is 23.6 Å². The number of rotatable bonds is 7. The molecule has 0 fully saturated rings. The lowest BCUT2D eigenvalue weighted by molar-refractivity contribution is -0.141. The summed E-state index contributed by atoms with van der Waals surface area (Å²) in [5.74, 6) is -1.88. The second-order valence-corrected chi connectivity index (χ2v) is 8.90. The van der Waals surface area contributed by atoms with Crippen LogP contribution in [-0.4, -0.2) is 46.0 Å². The van der Waals surface area contributed by atoms with Crippen molar-refractivity contribution in [1.29, 1.82) is 0 Å². The lowest BCUT2D eigenvalue weighted by atomic mass is 10.0. The van der Waals surface area contributed by atoms with E-state index in [4.69, 9.17) is 0 Å². The third kappa shape index (κ3) is 4.40. The minimum atomic E-state index is -1.09. The van der Waals surface area contributed by atoms with E-state index in [1.165, 1.54) is 11.8 Å². The van der Waals surface area contributed by atoms with Gasteiger partial charge in [0.25, 0.3) is 17.7 Å². The van der Waals surface area contributed by atoms with Gasteiger partial charge in [0.1, 0.15) is 12.1 Å². The van der Waals surface area contributed by atoms with Crippen LogP contribution in [0.5, 0.6) is 0 Å². The Morgan fingerprint density at radius 1 is 0.833 bits per heavy atom. The van der Waals surface area contributed by atoms with E-state index < -0.39 is 29.8 Å². The summed E-state index contributed by atoms with van der Waals surface area (Å²) in [5, 5.41) is 3.01. The highest BCUT2D eigenvalue weighted by molar-refractivity contribution is 6.22. The van der Waals surface area contributed by atoms with Gasteiger partial charge in [-0.25, -0.2) is 0 Å². The number of carbonyl (C=O) groups excluding carboxylic acids is 4. The van der Waals surface area contributed by atoms with Crippen molar-refractivity contribution in [2.24, 2.45) is 0 Å². The van der Waals surface area contributed by atoms with Gasteiger partial charge in [-0.3, -0.25) is 24.1 Å². The van der Waals surface area contributed by atoms with Crippen LogP contribution in [0.2, 0.25) is 0 Å². The van der Waals surface area contributed by atoms with E-state index in [1.54, 1.807) is 55.5 Å². The van der Waals surface area contributed by atoms with Crippen LogP contribution in [0.4, 0.5) is 5.69 Å². The number of hydrogen-bond donors (Lipinski definition) is 1. The number of amides is 4. The zero-order chi connectivity index (χ0) is 26.0. The molecule has 36 heavy (non-hydrogen) atoms. The highest BCUT2D eigenvalue weighted by Crippen LogP contribution is 2.29. The fourth-order valence-corrected chi connectivity index (χ4v) is 4.69. The summed E-state index contributed by atoms with van der Waals surface area (Å²) in [6.45, 7) is 7.32. The van der Waals surface area contributed by atoms with Gasteiger partial charge in [-0.05, 0) is 56.5 Å². The van der Waals surface area contributed by atoms with Gasteiger partial charge in [0, 0.05) is 12.2 Å². The normalized spacial score (nSPS) is 14.3. The zero-order valence-corrected chi connectivity index (χ0v) is 20.8. The number of imide groups is 1. The van der Waals surface area contributed by atoms with Crippen LogP contribution in [0.3, 0.4) is 0 Å². The molecule has 0 saturated carbocycles. The molecule has 3 aromatic carbocycles. The Labute approximate surface area is 210 Å². The highest BCUT2D eigenvalue weighted by Gasteiger charge is 2.43. The van der Waals surface area contributed by atoms with Gasteiger partial charge in [0.15, 0.2) is 0 Å². The Bertz CT molecular complexity index is 1280. The maximum atomic E-state index is 13.8. The molecule has 0 saturated heterocycles. The molecule has 0 aliphatic carbocycles. The van der Waals surface area contributed by atoms with Crippen molar-refractivity contribution in [2.75, 3.05) is 11.9 Å². The molecule has 1 N–H and O–H groups in total. The highest BCUT2D eigenvalue weighted by atomic mass is 16.2. The Morgan fingerprint density at radius 3 is 1.89 bits per heavy atom. The molecule has 1 aliphatic heterocycles. The molecule has 0 aromatic heterocycles. The van der Waals surface area contributed by atoms with Crippen LogP contribution in [0.1, 0.15) is 57.3 Å². The number of fused-ring (bicyclic) bond motifs is 1. The molecule has 0 radical (unpaired) electrons. The molecule has 184 valence electrons. The number of anilines is 1. The minimum absolute atomic E-state index is 0.200. The molecular weight excluding hydrogens is 454 g/mol. The van der Waals surface area contributed by atoms with Crippen molar-refractivity contribution in [3.8, 4) is 0 Å². The van der Waals surface area contributed by atoms with Crippen LogP contribution < -0.4 is 5.32 Å². The Hall–Kier alpha value is -4.26. The molecule has 1 aliphatic rings. The summed E-state index contributed by atoms with van der Waals surface area (Å²) in [6, 6.07) is 19.2. The van der Waals surface area contributed by atoms with Crippen molar-refractivity contribution >= 4 is 29.3 Å². The van der Waals surface area contributed by atoms with Crippen molar-refractivity contribution < 1.29 is 19.2 Å². The summed E-state index contributed by atoms with van der Waals surface area (Å²) in [5.41, 5.74) is 3.69. The van der Waals surface area contributed by atoms with E-state index in [0.29, 0.717) is 11.3 Å². The van der Waals surface area contributed by atoms with Gasteiger partial charge >= 0.3 is 0 Å². The first-order chi connectivity index (χ1) is 17.3. The standard InChI is InChI=1S/C29H29N3O4/c1-5-31(27(34)20(4)32-28(35)22-16-9-10-17-23(22)29(32)36)25(21-14-7-6-8-15-21)26(33)30-24-18(2)12-11-13-19(24)3/h6-17,20,25H,5H2,1-4H3,(H,30,33)/t20-,25+/m1/s1. The second-order valence-electron chi connectivity index (χ2n) is 8.90. The number of nitrogens with zero attached hydrogens (tertiary/aromatic N) is 2. The molecular formula is C29H29N3O4. The molecule has 3 aromatic rings. The first kappa shape index (κ1) is 24.9. The van der Waals surface area contributed by atoms with Crippen molar-refractivity contribution in [3.63, 3.8) is 0 Å². The Balaban J connectivity index is 1.68. The van der Waals surface area contributed by atoms with Crippen molar-refractivity contribution in [1.82, 2.24) is 9.80 Å². The van der Waals surface area contributed by atoms with Crippen LogP contribution in [0, 0.1) is 13.8 Å². The summed E-state index contributed by atoms with van der Waals surface area (Å²) >= 11 is 0. The predicted molar refractivity (Wildman–Crippen MR) is 138 cm³/mol. The van der Waals surface area contributed by atoms with E-state index in [0.717, 1.165) is 16.0 Å². The van der Waals surface area contributed by atoms with Crippen molar-refractivity contribution in [2.45, 2.75) is 39.8 Å². The quantitative estimate of drug-likeness (QED) is 0.501. The third-order valence-electron chi connectivity index (χ3n) is 6.60. The first-order valence-electron chi connectivity index (χ1n) is 12.0. The molecule has 4 rings (SSSR count). The summed E-state index contributed by atoms with van der Waals surface area (Å²) in [7, 11) is 0. The fraction of sp³-hybridized carbons (Fsp3) is 0.241. The van der Waals surface area contributed by atoms with Gasteiger partial charge in [0.05, 0.1) is 11.1 Å². The number of aryl methyl sites for hydroxylation is 2. The predicted octanol–water partition coefficient (Wildman–Crippen LogP) is 4.52. The van der Waals surface area contributed by atoms with Crippen molar-refractivity contribution in [3.05, 3.63) is 101 Å². The molecule has 1 heterocycles. The smallest absolute Gasteiger partial charge is 0.262 e. The molecule has 7 nitrogen and oxygen atoms in total. The number of hydrogen-bond acceptors (Lipinski definition) is 4. The van der Waals surface area contributed by atoms with Gasteiger partial charge in [-0.2, -0.15) is 0 Å². The van der Waals surface area contributed by atoms with Crippen LogP contribution in [-0.2, 0) is 9.59 Å². The summed E-state index contributed by atoms with van der Waals surface area (Å²) in [6.07, 6.45) is 0. The molecule has 0 bridgehead atoms. The minimum Gasteiger partial charge on any atom is -0.325 e. The first-order valence-corrected chi connectivity index (χ1v) is 12.0. The van der Waals surface area contributed by atoms with Crippen LogP contribution in [0.15, 0.2) is 72.8 Å². The monoisotopic (exact) mass is 483 g/mol. The van der Waals surface area contributed by atoms with Gasteiger partial charge in [-0.1, -0.05) is 60.7 Å². The van der Waals surface area contributed by atoms with Gasteiger partial charge in [0.2, 0.25) is 5.91 Å². The third-order valence-corrected chi connectivity index (χ3v) is 6.60. The Kier molecular flexibility index (Phi) is 7.01. The zero-order valence-electron chi connectivity index (χ0n) is 20.8. The molecule has 2 atom stereocenters. The summed E-state index contributed by atoms with van der Waals surface area (Å²) in [4.78, 5) is 56.0. The summed E-state index contributed by atoms with van der Waals surface area (Å²) < 4.78 is 0. The second kappa shape index (κ2) is 10.2. The van der Waals surface area contributed by atoms with Crippen LogP contribution in [0.25, 0.3) is 0 Å².